The zero-order valence-electron chi connectivity index (χ0n) is 18.6. The van der Waals surface area contributed by atoms with Gasteiger partial charge in [-0.2, -0.15) is 0 Å². The SMILES string of the molecule is Cc1cc(S(=O)(=O)NC(C)C2CCNCC2)ccc1NC(=O)C12CCC(CC1)CC2.Cl. The highest BCUT2D eigenvalue weighted by atomic mass is 35.5. The fraction of sp³-hybridized carbons (Fsp3) is 0.696. The summed E-state index contributed by atoms with van der Waals surface area (Å²) in [5.74, 6) is 1.27. The van der Waals surface area contributed by atoms with Crippen molar-refractivity contribution in [2.45, 2.75) is 76.2 Å². The number of rotatable bonds is 6. The van der Waals surface area contributed by atoms with Crippen LogP contribution in [0.3, 0.4) is 0 Å². The minimum absolute atomic E-state index is 0. The first kappa shape index (κ1) is 24.5. The van der Waals surface area contributed by atoms with E-state index < -0.39 is 10.0 Å². The molecule has 1 heterocycles. The molecule has 1 amide bonds. The summed E-state index contributed by atoms with van der Waals surface area (Å²) in [4.78, 5) is 13.3. The van der Waals surface area contributed by atoms with Crippen molar-refractivity contribution in [3.63, 3.8) is 0 Å². The molecule has 3 saturated carbocycles. The Balaban J connectivity index is 0.00000272. The summed E-state index contributed by atoms with van der Waals surface area (Å²) in [7, 11) is -3.59. The summed E-state index contributed by atoms with van der Waals surface area (Å²) >= 11 is 0. The van der Waals surface area contributed by atoms with E-state index in [2.05, 4.69) is 15.4 Å². The number of carbonyl (C=O) groups is 1. The third-order valence-corrected chi connectivity index (χ3v) is 9.32. The van der Waals surface area contributed by atoms with Crippen molar-refractivity contribution >= 4 is 34.0 Å². The molecule has 0 spiro atoms. The largest absolute Gasteiger partial charge is 0.325 e. The van der Waals surface area contributed by atoms with E-state index in [4.69, 9.17) is 0 Å². The number of amides is 1. The molecular weight excluding hydrogens is 434 g/mol. The number of anilines is 1. The van der Waals surface area contributed by atoms with Crippen molar-refractivity contribution in [3.05, 3.63) is 23.8 Å². The average molecular weight is 470 g/mol. The Hall–Kier alpha value is -1.15. The number of nitrogens with one attached hydrogen (secondary N) is 3. The van der Waals surface area contributed by atoms with Crippen molar-refractivity contribution in [1.82, 2.24) is 10.0 Å². The Kier molecular flexibility index (Phi) is 7.72. The van der Waals surface area contributed by atoms with E-state index in [1.165, 1.54) is 0 Å². The van der Waals surface area contributed by atoms with Crippen LogP contribution in [0.25, 0.3) is 0 Å². The first-order chi connectivity index (χ1) is 14.3. The minimum atomic E-state index is -3.59. The van der Waals surface area contributed by atoms with Crippen LogP contribution in [0.1, 0.15) is 63.9 Å². The molecule has 1 saturated heterocycles. The number of hydrogen-bond acceptors (Lipinski definition) is 4. The highest BCUT2D eigenvalue weighted by Crippen LogP contribution is 2.50. The maximum absolute atomic E-state index is 13.1. The Morgan fingerprint density at radius 3 is 2.29 bits per heavy atom. The van der Waals surface area contributed by atoms with Crippen LogP contribution in [-0.4, -0.2) is 33.5 Å². The second kappa shape index (κ2) is 9.77. The van der Waals surface area contributed by atoms with Gasteiger partial charge in [0.25, 0.3) is 0 Å². The van der Waals surface area contributed by atoms with Crippen LogP contribution in [0.2, 0.25) is 0 Å². The molecule has 1 unspecified atom stereocenters. The Bertz CT molecular complexity index is 878. The standard InChI is InChI=1S/C23H35N3O3S.ClH/c1-16-15-20(30(28,29)26-17(2)19-8-13-24-14-9-19)3-4-21(16)25-22(27)23-10-5-18(6-11-23)7-12-23;/h3-4,15,17-19,24,26H,5-14H2,1-2H3,(H,25,27);1H. The summed E-state index contributed by atoms with van der Waals surface area (Å²) < 4.78 is 28.7. The molecule has 0 radical (unpaired) electrons. The molecule has 174 valence electrons. The normalized spacial score (nSPS) is 27.4. The zero-order chi connectivity index (χ0) is 21.4. The maximum Gasteiger partial charge on any atom is 0.240 e. The molecule has 1 atom stereocenters. The lowest BCUT2D eigenvalue weighted by Gasteiger charge is -2.45. The number of fused-ring (bicyclic) bond motifs is 3. The van der Waals surface area contributed by atoms with E-state index in [1.54, 1.807) is 18.2 Å². The van der Waals surface area contributed by atoms with Crippen LogP contribution in [0.4, 0.5) is 5.69 Å². The lowest BCUT2D eigenvalue weighted by molar-refractivity contribution is -0.131. The van der Waals surface area contributed by atoms with Gasteiger partial charge in [-0.25, -0.2) is 13.1 Å². The molecule has 8 heteroatoms. The van der Waals surface area contributed by atoms with Gasteiger partial charge >= 0.3 is 0 Å². The van der Waals surface area contributed by atoms with Crippen LogP contribution in [0, 0.1) is 24.2 Å². The topological polar surface area (TPSA) is 87.3 Å². The van der Waals surface area contributed by atoms with Gasteiger partial charge in [0.05, 0.1) is 4.90 Å². The number of halogens is 1. The Morgan fingerprint density at radius 1 is 1.10 bits per heavy atom. The van der Waals surface area contributed by atoms with E-state index >= 15 is 0 Å². The number of piperidine rings is 1. The molecule has 3 N–H and O–H groups in total. The van der Waals surface area contributed by atoms with Crippen molar-refractivity contribution in [3.8, 4) is 0 Å². The average Bonchev–Trinajstić information content (AvgIpc) is 2.76. The molecular formula is C23H36ClN3O3S. The van der Waals surface area contributed by atoms with Gasteiger partial charge in [-0.3, -0.25) is 4.79 Å². The van der Waals surface area contributed by atoms with E-state index in [-0.39, 0.29) is 34.7 Å². The van der Waals surface area contributed by atoms with Gasteiger partial charge in [0.15, 0.2) is 0 Å². The van der Waals surface area contributed by atoms with Crippen molar-refractivity contribution in [2.75, 3.05) is 18.4 Å². The highest BCUT2D eigenvalue weighted by Gasteiger charge is 2.45. The predicted molar refractivity (Wildman–Crippen MR) is 126 cm³/mol. The highest BCUT2D eigenvalue weighted by molar-refractivity contribution is 7.89. The second-order valence-corrected chi connectivity index (χ2v) is 11.4. The van der Waals surface area contributed by atoms with Crippen LogP contribution in [0.5, 0.6) is 0 Å². The van der Waals surface area contributed by atoms with E-state index in [1.807, 2.05) is 13.8 Å². The Labute approximate surface area is 192 Å². The molecule has 1 aliphatic heterocycles. The van der Waals surface area contributed by atoms with Gasteiger partial charge in [-0.05, 0) is 114 Å². The summed E-state index contributed by atoms with van der Waals surface area (Å²) in [6.45, 7) is 5.69. The monoisotopic (exact) mass is 469 g/mol. The van der Waals surface area contributed by atoms with Gasteiger partial charge in [-0.1, -0.05) is 0 Å². The van der Waals surface area contributed by atoms with Crippen molar-refractivity contribution < 1.29 is 13.2 Å². The molecule has 0 aromatic heterocycles. The van der Waals surface area contributed by atoms with Crippen LogP contribution in [-0.2, 0) is 14.8 Å². The van der Waals surface area contributed by atoms with E-state index in [0.717, 1.165) is 75.9 Å². The van der Waals surface area contributed by atoms with E-state index in [9.17, 15) is 13.2 Å². The zero-order valence-corrected chi connectivity index (χ0v) is 20.2. The predicted octanol–water partition coefficient (Wildman–Crippen LogP) is 3.99. The first-order valence-electron chi connectivity index (χ1n) is 11.4. The molecule has 4 fully saturated rings. The number of benzene rings is 1. The lowest BCUT2D eigenvalue weighted by atomic mass is 9.60. The van der Waals surface area contributed by atoms with Crippen molar-refractivity contribution in [2.24, 2.45) is 17.3 Å². The molecule has 4 aliphatic rings. The van der Waals surface area contributed by atoms with Gasteiger partial charge < -0.3 is 10.6 Å². The van der Waals surface area contributed by atoms with Gasteiger partial charge in [0.1, 0.15) is 0 Å². The quantitative estimate of drug-likeness (QED) is 0.587. The summed E-state index contributed by atoms with van der Waals surface area (Å²) in [6.07, 6.45) is 8.38. The molecule has 31 heavy (non-hydrogen) atoms. The summed E-state index contributed by atoms with van der Waals surface area (Å²) in [6, 6.07) is 4.91. The summed E-state index contributed by atoms with van der Waals surface area (Å²) in [5, 5.41) is 6.42. The Morgan fingerprint density at radius 2 is 1.71 bits per heavy atom. The van der Waals surface area contributed by atoms with Crippen LogP contribution >= 0.6 is 12.4 Å². The van der Waals surface area contributed by atoms with Crippen LogP contribution in [0.15, 0.2) is 23.1 Å². The molecule has 1 aromatic rings. The third kappa shape index (κ3) is 5.27. The minimum Gasteiger partial charge on any atom is -0.325 e. The number of carbonyl (C=O) groups excluding carboxylic acids is 1. The fourth-order valence-electron chi connectivity index (χ4n) is 5.54. The van der Waals surface area contributed by atoms with E-state index in [0.29, 0.717) is 11.6 Å². The van der Waals surface area contributed by atoms with Crippen molar-refractivity contribution in [1.29, 1.82) is 0 Å². The fourth-order valence-corrected chi connectivity index (χ4v) is 6.94. The summed E-state index contributed by atoms with van der Waals surface area (Å²) in [5.41, 5.74) is 1.27. The number of aryl methyl sites for hydroxylation is 1. The maximum atomic E-state index is 13.1. The third-order valence-electron chi connectivity index (χ3n) is 7.76. The molecule has 2 bridgehead atoms. The lowest BCUT2D eigenvalue weighted by Crippen LogP contribution is -2.43. The van der Waals surface area contributed by atoms with Gasteiger partial charge in [-0.15, -0.1) is 12.4 Å². The van der Waals surface area contributed by atoms with Crippen LogP contribution < -0.4 is 15.4 Å². The molecule has 5 rings (SSSR count). The van der Waals surface area contributed by atoms with Gasteiger partial charge in [0.2, 0.25) is 15.9 Å². The molecule has 3 aliphatic carbocycles. The smallest absolute Gasteiger partial charge is 0.240 e. The molecule has 6 nitrogen and oxygen atoms in total. The molecule has 1 aromatic carbocycles. The number of sulfonamides is 1. The first-order valence-corrected chi connectivity index (χ1v) is 12.9. The second-order valence-electron chi connectivity index (χ2n) is 9.69. The number of hydrogen-bond donors (Lipinski definition) is 3. The van der Waals surface area contributed by atoms with Gasteiger partial charge in [0, 0.05) is 17.1 Å².